The number of esters is 1. The third-order valence-electron chi connectivity index (χ3n) is 9.50. The number of carbonyl (C=O) groups is 3. The van der Waals surface area contributed by atoms with Gasteiger partial charge in [0.1, 0.15) is 6.04 Å². The fraction of sp³-hybridized carbons (Fsp3) is 0.361. The molecule has 1 spiro atoms. The molecule has 4 aliphatic rings. The molecule has 0 saturated carbocycles. The van der Waals surface area contributed by atoms with E-state index >= 15 is 0 Å². The van der Waals surface area contributed by atoms with E-state index in [0.717, 1.165) is 41.3 Å². The Morgan fingerprint density at radius 1 is 0.932 bits per heavy atom. The van der Waals surface area contributed by atoms with E-state index in [1.165, 1.54) is 11.8 Å². The molecule has 8 heteroatoms. The maximum atomic E-state index is 14.9. The Morgan fingerprint density at radius 3 is 2.55 bits per heavy atom. The van der Waals surface area contributed by atoms with E-state index in [1.807, 2.05) is 91.0 Å². The summed E-state index contributed by atoms with van der Waals surface area (Å²) in [6.07, 6.45) is 11.1. The molecule has 3 aromatic rings. The first-order valence-corrected chi connectivity index (χ1v) is 16.4. The fourth-order valence-electron chi connectivity index (χ4n) is 7.46. The SMILES string of the molecule is O=C1OCCCC/C=C\[C@@H]2S[C@]34C=CCN(c5ccc6ccccc6c5)C(=O)C3N([C@@H](CO)Cc3ccccc3)C(=O)[C@@H]4[C@H]12. The van der Waals surface area contributed by atoms with Gasteiger partial charge in [0, 0.05) is 17.5 Å². The number of anilines is 1. The number of allylic oxidation sites excluding steroid dienone is 1. The van der Waals surface area contributed by atoms with Crippen molar-refractivity contribution in [2.24, 2.45) is 11.8 Å². The van der Waals surface area contributed by atoms with Gasteiger partial charge in [0.15, 0.2) is 0 Å². The maximum Gasteiger partial charge on any atom is 0.311 e. The van der Waals surface area contributed by atoms with Crippen LogP contribution in [0, 0.1) is 11.8 Å². The van der Waals surface area contributed by atoms with Gasteiger partial charge in [-0.25, -0.2) is 0 Å². The Labute approximate surface area is 261 Å². The van der Waals surface area contributed by atoms with Gasteiger partial charge in [-0.2, -0.15) is 0 Å². The van der Waals surface area contributed by atoms with Crippen LogP contribution >= 0.6 is 11.8 Å². The number of ether oxygens (including phenoxy) is 1. The van der Waals surface area contributed by atoms with Crippen LogP contribution in [0.15, 0.2) is 97.1 Å². The lowest BCUT2D eigenvalue weighted by Crippen LogP contribution is -2.57. The van der Waals surface area contributed by atoms with Crippen molar-refractivity contribution in [2.45, 2.75) is 47.8 Å². The van der Waals surface area contributed by atoms with Crippen LogP contribution < -0.4 is 4.90 Å². The highest BCUT2D eigenvalue weighted by molar-refractivity contribution is 8.02. The zero-order valence-electron chi connectivity index (χ0n) is 24.5. The van der Waals surface area contributed by atoms with E-state index in [1.54, 1.807) is 9.80 Å². The molecule has 4 aliphatic heterocycles. The van der Waals surface area contributed by atoms with Gasteiger partial charge in [0.25, 0.3) is 5.91 Å². The van der Waals surface area contributed by atoms with Crippen LogP contribution in [0.4, 0.5) is 5.69 Å². The summed E-state index contributed by atoms with van der Waals surface area (Å²) < 4.78 is 4.76. The van der Waals surface area contributed by atoms with Crippen LogP contribution in [0.1, 0.15) is 24.8 Å². The number of hydrogen-bond donors (Lipinski definition) is 1. The lowest BCUT2D eigenvalue weighted by atomic mass is 9.78. The van der Waals surface area contributed by atoms with Crippen LogP contribution in [0.3, 0.4) is 0 Å². The van der Waals surface area contributed by atoms with Crippen molar-refractivity contribution in [2.75, 3.05) is 24.7 Å². The number of likely N-dealkylation sites (tertiary alicyclic amines) is 1. The van der Waals surface area contributed by atoms with E-state index in [4.69, 9.17) is 4.74 Å². The molecule has 0 bridgehead atoms. The highest BCUT2D eigenvalue weighted by Gasteiger charge is 2.71. The van der Waals surface area contributed by atoms with Crippen molar-refractivity contribution in [1.29, 1.82) is 0 Å². The zero-order valence-corrected chi connectivity index (χ0v) is 25.3. The quantitative estimate of drug-likeness (QED) is 0.327. The van der Waals surface area contributed by atoms with Gasteiger partial charge in [0.05, 0.1) is 35.8 Å². The topological polar surface area (TPSA) is 87.2 Å². The lowest BCUT2D eigenvalue weighted by molar-refractivity contribution is -0.153. The van der Waals surface area contributed by atoms with Gasteiger partial charge in [-0.05, 0) is 54.2 Å². The zero-order chi connectivity index (χ0) is 30.3. The highest BCUT2D eigenvalue weighted by Crippen LogP contribution is 2.61. The van der Waals surface area contributed by atoms with Crippen molar-refractivity contribution in [3.63, 3.8) is 0 Å². The number of aliphatic hydroxyl groups is 1. The molecule has 0 aromatic heterocycles. The first-order valence-electron chi connectivity index (χ1n) is 15.5. The Balaban J connectivity index is 1.35. The van der Waals surface area contributed by atoms with Gasteiger partial charge in [-0.3, -0.25) is 14.4 Å². The van der Waals surface area contributed by atoms with E-state index < -0.39 is 28.7 Å². The van der Waals surface area contributed by atoms with Crippen LogP contribution in [-0.4, -0.2) is 69.6 Å². The molecule has 7 rings (SSSR count). The average molecular weight is 609 g/mol. The molecule has 6 atom stereocenters. The smallest absolute Gasteiger partial charge is 0.311 e. The number of benzene rings is 3. The van der Waals surface area contributed by atoms with E-state index in [2.05, 4.69) is 6.08 Å². The van der Waals surface area contributed by atoms with Crippen molar-refractivity contribution in [3.8, 4) is 0 Å². The van der Waals surface area contributed by atoms with Gasteiger partial charge in [-0.1, -0.05) is 85.0 Å². The number of rotatable bonds is 5. The number of nitrogens with zero attached hydrogens (tertiary/aromatic N) is 2. The van der Waals surface area contributed by atoms with Crippen LogP contribution in [0.25, 0.3) is 10.8 Å². The van der Waals surface area contributed by atoms with E-state index in [-0.39, 0.29) is 29.6 Å². The average Bonchev–Trinajstić information content (AvgIpc) is 3.44. The summed E-state index contributed by atoms with van der Waals surface area (Å²) in [5, 5.41) is 12.6. The summed E-state index contributed by atoms with van der Waals surface area (Å²) in [5.74, 6) is -2.38. The van der Waals surface area contributed by atoms with Gasteiger partial charge < -0.3 is 19.6 Å². The Hall–Kier alpha value is -3.88. The molecule has 1 N–H and O–H groups in total. The Bertz CT molecular complexity index is 1640. The van der Waals surface area contributed by atoms with Crippen LogP contribution in [-0.2, 0) is 25.5 Å². The summed E-state index contributed by atoms with van der Waals surface area (Å²) in [6, 6.07) is 22.1. The number of thioether (sulfide) groups is 1. The second-order valence-electron chi connectivity index (χ2n) is 12.1. The van der Waals surface area contributed by atoms with Gasteiger partial charge in [-0.15, -0.1) is 11.8 Å². The summed E-state index contributed by atoms with van der Waals surface area (Å²) in [5.41, 5.74) is 1.70. The number of cyclic esters (lactones) is 1. The molecular weight excluding hydrogens is 572 g/mol. The number of carbonyl (C=O) groups excluding carboxylic acids is 3. The maximum absolute atomic E-state index is 14.9. The molecular formula is C36H36N2O5S. The minimum Gasteiger partial charge on any atom is -0.465 e. The summed E-state index contributed by atoms with van der Waals surface area (Å²) in [4.78, 5) is 46.7. The van der Waals surface area contributed by atoms with Crippen molar-refractivity contribution < 1.29 is 24.2 Å². The third kappa shape index (κ3) is 4.85. The number of aliphatic hydroxyl groups excluding tert-OH is 1. The Kier molecular flexibility index (Phi) is 7.81. The second kappa shape index (κ2) is 11.9. The number of fused-ring (bicyclic) bond motifs is 3. The summed E-state index contributed by atoms with van der Waals surface area (Å²) in [7, 11) is 0. The lowest BCUT2D eigenvalue weighted by Gasteiger charge is -2.38. The normalized spacial score (nSPS) is 29.9. The molecule has 226 valence electrons. The molecule has 2 amide bonds. The molecule has 1 unspecified atom stereocenters. The molecule has 0 radical (unpaired) electrons. The Morgan fingerprint density at radius 2 is 1.73 bits per heavy atom. The first kappa shape index (κ1) is 28.9. The molecule has 0 aliphatic carbocycles. The van der Waals surface area contributed by atoms with E-state index in [9.17, 15) is 19.5 Å². The number of amides is 2. The monoisotopic (exact) mass is 608 g/mol. The fourth-order valence-corrected chi connectivity index (χ4v) is 9.45. The standard InChI is InChI=1S/C36H36N2O5S/c39-23-28(21-24-11-4-3-5-12-24)38-32-34(41)37(27-17-16-25-13-7-8-14-26(25)22-27)19-10-18-36(32)31(33(38)40)30-29(44-36)15-6-1-2-9-20-43-35(30)42/h3-8,10-18,22,28-32,39H,1-2,9,19-21,23H2/b15-6-/t28-,29+,30-,31+,32?,36+/m1/s1. The predicted molar refractivity (Wildman–Crippen MR) is 172 cm³/mol. The molecule has 44 heavy (non-hydrogen) atoms. The third-order valence-corrected chi connectivity index (χ3v) is 11.2. The summed E-state index contributed by atoms with van der Waals surface area (Å²) in [6.45, 7) is 0.345. The number of hydrogen-bond acceptors (Lipinski definition) is 6. The molecule has 2 fully saturated rings. The second-order valence-corrected chi connectivity index (χ2v) is 13.6. The van der Waals surface area contributed by atoms with Crippen molar-refractivity contribution >= 4 is 46.0 Å². The molecule has 3 aromatic carbocycles. The minimum atomic E-state index is -0.989. The van der Waals surface area contributed by atoms with Crippen molar-refractivity contribution in [3.05, 3.63) is 103 Å². The van der Waals surface area contributed by atoms with Crippen LogP contribution in [0.5, 0.6) is 0 Å². The molecule has 7 nitrogen and oxygen atoms in total. The predicted octanol–water partition coefficient (Wildman–Crippen LogP) is 4.93. The van der Waals surface area contributed by atoms with Crippen LogP contribution in [0.2, 0.25) is 0 Å². The largest absolute Gasteiger partial charge is 0.465 e. The summed E-state index contributed by atoms with van der Waals surface area (Å²) >= 11 is 1.53. The minimum absolute atomic E-state index is 0.207. The van der Waals surface area contributed by atoms with E-state index in [0.29, 0.717) is 19.6 Å². The first-order chi connectivity index (χ1) is 21.5. The van der Waals surface area contributed by atoms with Gasteiger partial charge in [0.2, 0.25) is 5.91 Å². The molecule has 4 heterocycles. The molecule has 2 saturated heterocycles. The van der Waals surface area contributed by atoms with Gasteiger partial charge >= 0.3 is 5.97 Å². The highest BCUT2D eigenvalue weighted by atomic mass is 32.2. The van der Waals surface area contributed by atoms with Crippen molar-refractivity contribution in [1.82, 2.24) is 4.90 Å².